The Hall–Kier alpha value is -2.12. The summed E-state index contributed by atoms with van der Waals surface area (Å²) in [5.74, 6) is 0.276. The Balaban J connectivity index is 1.60. The lowest BCUT2D eigenvalue weighted by molar-refractivity contribution is -0.113. The number of carbonyl (C=O) groups excluding carboxylic acids is 1. The number of hydrogen-bond donors (Lipinski definition) is 1. The molecule has 0 radical (unpaired) electrons. The molecule has 0 aliphatic carbocycles. The SMILES string of the molecule is CCn1c(=O)sc2cc(NC(=O)CSCc3ccccc3F)ccc21. The van der Waals surface area contributed by atoms with Gasteiger partial charge in [-0.2, -0.15) is 0 Å². The number of amides is 1. The molecule has 0 aliphatic heterocycles. The predicted molar refractivity (Wildman–Crippen MR) is 103 cm³/mol. The maximum absolute atomic E-state index is 13.5. The van der Waals surface area contributed by atoms with Crippen molar-refractivity contribution >= 4 is 44.9 Å². The van der Waals surface area contributed by atoms with E-state index < -0.39 is 0 Å². The van der Waals surface area contributed by atoms with Crippen LogP contribution in [0.15, 0.2) is 47.3 Å². The molecule has 0 spiro atoms. The Labute approximate surface area is 152 Å². The van der Waals surface area contributed by atoms with Gasteiger partial charge in [-0.1, -0.05) is 29.5 Å². The monoisotopic (exact) mass is 376 g/mol. The summed E-state index contributed by atoms with van der Waals surface area (Å²) in [6, 6.07) is 12.0. The molecular weight excluding hydrogens is 359 g/mol. The molecule has 130 valence electrons. The van der Waals surface area contributed by atoms with Crippen LogP contribution in [0, 0.1) is 5.82 Å². The Kier molecular flexibility index (Phi) is 5.55. The lowest BCUT2D eigenvalue weighted by Crippen LogP contribution is -2.14. The van der Waals surface area contributed by atoms with Crippen LogP contribution in [0.3, 0.4) is 0 Å². The fourth-order valence-electron chi connectivity index (χ4n) is 2.51. The summed E-state index contributed by atoms with van der Waals surface area (Å²) in [7, 11) is 0. The number of anilines is 1. The van der Waals surface area contributed by atoms with Gasteiger partial charge >= 0.3 is 4.87 Å². The predicted octanol–water partition coefficient (Wildman–Crippen LogP) is 4.09. The molecule has 0 bridgehead atoms. The number of thiazole rings is 1. The molecule has 3 aromatic rings. The zero-order chi connectivity index (χ0) is 17.8. The Bertz CT molecular complexity index is 965. The van der Waals surface area contributed by atoms with Crippen LogP contribution in [0.4, 0.5) is 10.1 Å². The molecule has 2 aromatic carbocycles. The number of thioether (sulfide) groups is 1. The van der Waals surface area contributed by atoms with E-state index in [2.05, 4.69) is 5.32 Å². The van der Waals surface area contributed by atoms with Gasteiger partial charge in [0.15, 0.2) is 0 Å². The number of aryl methyl sites for hydroxylation is 1. The quantitative estimate of drug-likeness (QED) is 0.705. The summed E-state index contributed by atoms with van der Waals surface area (Å²) < 4.78 is 16.1. The average Bonchev–Trinajstić information content (AvgIpc) is 2.90. The lowest BCUT2D eigenvalue weighted by Gasteiger charge is -2.06. The summed E-state index contributed by atoms with van der Waals surface area (Å²) in [6.07, 6.45) is 0. The summed E-state index contributed by atoms with van der Waals surface area (Å²) in [5.41, 5.74) is 2.13. The molecular formula is C18H17FN2O2S2. The van der Waals surface area contributed by atoms with Gasteiger partial charge in [-0.25, -0.2) is 4.39 Å². The topological polar surface area (TPSA) is 51.1 Å². The first kappa shape index (κ1) is 17.7. The van der Waals surface area contributed by atoms with Gasteiger partial charge in [0, 0.05) is 18.0 Å². The van der Waals surface area contributed by atoms with Crippen LogP contribution < -0.4 is 10.2 Å². The molecule has 4 nitrogen and oxygen atoms in total. The summed E-state index contributed by atoms with van der Waals surface area (Å²) >= 11 is 2.53. The van der Waals surface area contributed by atoms with Gasteiger partial charge in [0.2, 0.25) is 5.91 Å². The standard InChI is InChI=1S/C18H17FN2O2S2/c1-2-21-15-8-7-13(9-16(15)25-18(21)23)20-17(22)11-24-10-12-5-3-4-6-14(12)19/h3-9H,2,10-11H2,1H3,(H,20,22). The van der Waals surface area contributed by atoms with Crippen molar-refractivity contribution in [1.82, 2.24) is 4.57 Å². The second kappa shape index (κ2) is 7.84. The smallest absolute Gasteiger partial charge is 0.308 e. The van der Waals surface area contributed by atoms with E-state index in [1.54, 1.807) is 28.8 Å². The van der Waals surface area contributed by atoms with Crippen molar-refractivity contribution in [2.45, 2.75) is 19.2 Å². The van der Waals surface area contributed by atoms with Crippen molar-refractivity contribution in [3.05, 3.63) is 63.5 Å². The second-order valence-electron chi connectivity index (χ2n) is 5.43. The molecule has 0 saturated carbocycles. The average molecular weight is 376 g/mol. The zero-order valence-corrected chi connectivity index (χ0v) is 15.3. The molecule has 0 fully saturated rings. The minimum Gasteiger partial charge on any atom is -0.325 e. The Morgan fingerprint density at radius 2 is 2.08 bits per heavy atom. The molecule has 1 heterocycles. The van der Waals surface area contributed by atoms with Gasteiger partial charge in [0.25, 0.3) is 0 Å². The normalized spacial score (nSPS) is 11.0. The van der Waals surface area contributed by atoms with E-state index in [0.29, 0.717) is 23.5 Å². The van der Waals surface area contributed by atoms with Crippen molar-refractivity contribution in [2.24, 2.45) is 0 Å². The van der Waals surface area contributed by atoms with Gasteiger partial charge in [-0.05, 0) is 36.8 Å². The van der Waals surface area contributed by atoms with E-state index in [0.717, 1.165) is 10.2 Å². The fraction of sp³-hybridized carbons (Fsp3) is 0.222. The van der Waals surface area contributed by atoms with Crippen LogP contribution >= 0.6 is 23.1 Å². The molecule has 1 N–H and O–H groups in total. The van der Waals surface area contributed by atoms with E-state index in [1.165, 1.54) is 29.2 Å². The number of rotatable bonds is 6. The molecule has 25 heavy (non-hydrogen) atoms. The first-order valence-electron chi connectivity index (χ1n) is 7.83. The van der Waals surface area contributed by atoms with Crippen molar-refractivity contribution in [1.29, 1.82) is 0 Å². The Morgan fingerprint density at radius 1 is 1.28 bits per heavy atom. The number of nitrogens with zero attached hydrogens (tertiary/aromatic N) is 1. The van der Waals surface area contributed by atoms with Gasteiger partial charge in [-0.15, -0.1) is 11.8 Å². The van der Waals surface area contributed by atoms with Gasteiger partial charge in [0.1, 0.15) is 5.82 Å². The largest absolute Gasteiger partial charge is 0.325 e. The second-order valence-corrected chi connectivity index (χ2v) is 7.41. The van der Waals surface area contributed by atoms with Crippen LogP contribution in [0.25, 0.3) is 10.2 Å². The van der Waals surface area contributed by atoms with Crippen LogP contribution in [0.2, 0.25) is 0 Å². The molecule has 1 aromatic heterocycles. The maximum atomic E-state index is 13.5. The summed E-state index contributed by atoms with van der Waals surface area (Å²) in [4.78, 5) is 23.9. The minimum absolute atomic E-state index is 0.00131. The minimum atomic E-state index is -0.254. The number of benzene rings is 2. The first-order chi connectivity index (χ1) is 12.1. The van der Waals surface area contributed by atoms with E-state index in [-0.39, 0.29) is 22.4 Å². The van der Waals surface area contributed by atoms with Gasteiger partial charge < -0.3 is 5.32 Å². The van der Waals surface area contributed by atoms with E-state index >= 15 is 0 Å². The highest BCUT2D eigenvalue weighted by atomic mass is 32.2. The molecule has 7 heteroatoms. The highest BCUT2D eigenvalue weighted by molar-refractivity contribution is 7.99. The third-order valence-electron chi connectivity index (χ3n) is 3.72. The van der Waals surface area contributed by atoms with Crippen molar-refractivity contribution in [3.8, 4) is 0 Å². The van der Waals surface area contributed by atoms with Crippen LogP contribution in [0.1, 0.15) is 12.5 Å². The van der Waals surface area contributed by atoms with E-state index in [1.807, 2.05) is 19.1 Å². The van der Waals surface area contributed by atoms with Crippen LogP contribution in [0.5, 0.6) is 0 Å². The molecule has 0 saturated heterocycles. The van der Waals surface area contributed by atoms with Gasteiger partial charge in [-0.3, -0.25) is 14.2 Å². The molecule has 1 amide bonds. The number of halogens is 1. The van der Waals surface area contributed by atoms with E-state index in [9.17, 15) is 14.0 Å². The lowest BCUT2D eigenvalue weighted by atomic mass is 10.2. The third kappa shape index (κ3) is 4.11. The molecule has 0 atom stereocenters. The van der Waals surface area contributed by atoms with Crippen LogP contribution in [-0.4, -0.2) is 16.2 Å². The summed E-state index contributed by atoms with van der Waals surface area (Å²) in [5, 5.41) is 2.82. The molecule has 0 unspecified atom stereocenters. The first-order valence-corrected chi connectivity index (χ1v) is 9.80. The van der Waals surface area contributed by atoms with Gasteiger partial charge in [0.05, 0.1) is 16.0 Å². The highest BCUT2D eigenvalue weighted by Crippen LogP contribution is 2.22. The molecule has 3 rings (SSSR count). The van der Waals surface area contributed by atoms with Crippen LogP contribution in [-0.2, 0) is 17.1 Å². The molecule has 0 aliphatic rings. The number of carbonyl (C=O) groups is 1. The Morgan fingerprint density at radius 3 is 2.84 bits per heavy atom. The maximum Gasteiger partial charge on any atom is 0.308 e. The van der Waals surface area contributed by atoms with Crippen molar-refractivity contribution in [2.75, 3.05) is 11.1 Å². The zero-order valence-electron chi connectivity index (χ0n) is 13.6. The number of aromatic nitrogens is 1. The van der Waals surface area contributed by atoms with E-state index in [4.69, 9.17) is 0 Å². The number of fused-ring (bicyclic) bond motifs is 1. The van der Waals surface area contributed by atoms with Crippen molar-refractivity contribution < 1.29 is 9.18 Å². The number of hydrogen-bond acceptors (Lipinski definition) is 4. The summed E-state index contributed by atoms with van der Waals surface area (Å²) in [6.45, 7) is 2.55. The highest BCUT2D eigenvalue weighted by Gasteiger charge is 2.09. The van der Waals surface area contributed by atoms with Crippen molar-refractivity contribution in [3.63, 3.8) is 0 Å². The number of nitrogens with one attached hydrogen (secondary N) is 1. The fourth-order valence-corrected chi connectivity index (χ4v) is 4.32. The third-order valence-corrected chi connectivity index (χ3v) is 5.64.